The molecule has 0 aliphatic heterocycles. The van der Waals surface area contributed by atoms with Crippen LogP contribution in [0.2, 0.25) is 0 Å². The Morgan fingerprint density at radius 3 is 2.71 bits per heavy atom. The highest BCUT2D eigenvalue weighted by molar-refractivity contribution is 5.91. The van der Waals surface area contributed by atoms with Gasteiger partial charge in [-0.3, -0.25) is 0 Å². The fourth-order valence-corrected chi connectivity index (χ4v) is 3.29. The molecule has 2 aromatic carbocycles. The largest absolute Gasteiger partial charge is 0.545 e. The van der Waals surface area contributed by atoms with E-state index >= 15 is 0 Å². The van der Waals surface area contributed by atoms with Crippen molar-refractivity contribution in [1.82, 2.24) is 19.3 Å². The average Bonchev–Trinajstić information content (AvgIpc) is 3.27. The standard InChI is InChI=1S/C20H16F2N4O2/c1-2-25-17-6-3-12(20(27)28)9-16(17)24-19(25)11-14-7-8-23-26(14)18-10-13(21)4-5-15(18)22/h3-10H,2,11H2,1H3,(H,27,28)/p-1. The monoisotopic (exact) mass is 381 g/mol. The molecular weight excluding hydrogens is 366 g/mol. The van der Waals surface area contributed by atoms with E-state index in [1.165, 1.54) is 23.0 Å². The van der Waals surface area contributed by atoms with E-state index in [9.17, 15) is 18.7 Å². The number of imidazole rings is 1. The maximum absolute atomic E-state index is 14.2. The van der Waals surface area contributed by atoms with Crippen LogP contribution < -0.4 is 5.11 Å². The van der Waals surface area contributed by atoms with Gasteiger partial charge in [0.25, 0.3) is 0 Å². The molecule has 0 atom stereocenters. The highest BCUT2D eigenvalue weighted by Crippen LogP contribution is 2.22. The minimum atomic E-state index is -1.27. The first-order valence-electron chi connectivity index (χ1n) is 8.66. The van der Waals surface area contributed by atoms with Crippen molar-refractivity contribution in [1.29, 1.82) is 0 Å². The summed E-state index contributed by atoms with van der Waals surface area (Å²) < 4.78 is 31.0. The highest BCUT2D eigenvalue weighted by Gasteiger charge is 2.16. The van der Waals surface area contributed by atoms with Gasteiger partial charge in [0.2, 0.25) is 0 Å². The zero-order chi connectivity index (χ0) is 19.8. The minimum absolute atomic E-state index is 0.0124. The molecule has 4 aromatic rings. The number of fused-ring (bicyclic) bond motifs is 1. The topological polar surface area (TPSA) is 75.8 Å². The Labute approximate surface area is 158 Å². The van der Waals surface area contributed by atoms with E-state index in [1.807, 2.05) is 11.5 Å². The summed E-state index contributed by atoms with van der Waals surface area (Å²) in [5.41, 5.74) is 1.99. The molecule has 0 saturated carbocycles. The molecule has 0 unspecified atom stereocenters. The number of aryl methyl sites for hydroxylation is 1. The van der Waals surface area contributed by atoms with E-state index in [0.717, 1.165) is 23.7 Å². The van der Waals surface area contributed by atoms with Crippen LogP contribution in [0.1, 0.15) is 28.8 Å². The van der Waals surface area contributed by atoms with Gasteiger partial charge in [-0.1, -0.05) is 6.07 Å². The Morgan fingerprint density at radius 2 is 1.96 bits per heavy atom. The number of nitrogens with zero attached hydrogens (tertiary/aromatic N) is 4. The van der Waals surface area contributed by atoms with Gasteiger partial charge in [0.1, 0.15) is 23.1 Å². The smallest absolute Gasteiger partial charge is 0.149 e. The van der Waals surface area contributed by atoms with Crippen LogP contribution in [0.15, 0.2) is 48.7 Å². The number of aromatic carboxylic acids is 1. The van der Waals surface area contributed by atoms with Crippen molar-refractivity contribution in [3.63, 3.8) is 0 Å². The lowest BCUT2D eigenvalue weighted by molar-refractivity contribution is -0.255. The maximum Gasteiger partial charge on any atom is 0.149 e. The fraction of sp³-hybridized carbons (Fsp3) is 0.150. The molecule has 142 valence electrons. The van der Waals surface area contributed by atoms with Gasteiger partial charge in [-0.25, -0.2) is 18.4 Å². The highest BCUT2D eigenvalue weighted by atomic mass is 19.1. The quantitative estimate of drug-likeness (QED) is 0.532. The molecule has 28 heavy (non-hydrogen) atoms. The van der Waals surface area contributed by atoms with Gasteiger partial charge in [0, 0.05) is 25.2 Å². The number of halogens is 2. The number of rotatable bonds is 5. The number of benzene rings is 2. The van der Waals surface area contributed by atoms with Crippen LogP contribution >= 0.6 is 0 Å². The Hall–Kier alpha value is -3.55. The van der Waals surface area contributed by atoms with Gasteiger partial charge in [0.05, 0.1) is 22.7 Å². The van der Waals surface area contributed by atoms with Gasteiger partial charge in [-0.15, -0.1) is 0 Å². The average molecular weight is 381 g/mol. The molecule has 6 nitrogen and oxygen atoms in total. The molecule has 0 bridgehead atoms. The second-order valence-electron chi connectivity index (χ2n) is 6.27. The number of carbonyl (C=O) groups excluding carboxylic acids is 1. The van der Waals surface area contributed by atoms with Gasteiger partial charge in [0.15, 0.2) is 0 Å². The first-order chi connectivity index (χ1) is 13.5. The van der Waals surface area contributed by atoms with Gasteiger partial charge in [-0.2, -0.15) is 5.10 Å². The van der Waals surface area contributed by atoms with Crippen LogP contribution in [0.3, 0.4) is 0 Å². The van der Waals surface area contributed by atoms with Crippen molar-refractivity contribution in [2.75, 3.05) is 0 Å². The number of hydrogen-bond acceptors (Lipinski definition) is 4. The second kappa shape index (κ2) is 6.88. The Bertz CT molecular complexity index is 1200. The van der Waals surface area contributed by atoms with Crippen LogP contribution in [0.4, 0.5) is 8.78 Å². The minimum Gasteiger partial charge on any atom is -0.545 e. The Balaban J connectivity index is 1.78. The number of hydrogen-bond donors (Lipinski definition) is 0. The summed E-state index contributed by atoms with van der Waals surface area (Å²) in [7, 11) is 0. The van der Waals surface area contributed by atoms with E-state index in [0.29, 0.717) is 30.0 Å². The predicted octanol–water partition coefficient (Wildman–Crippen LogP) is 2.47. The van der Waals surface area contributed by atoms with Crippen LogP contribution in [-0.4, -0.2) is 25.3 Å². The molecule has 8 heteroatoms. The van der Waals surface area contributed by atoms with Crippen molar-refractivity contribution in [2.24, 2.45) is 0 Å². The summed E-state index contributed by atoms with van der Waals surface area (Å²) >= 11 is 0. The third kappa shape index (κ3) is 3.02. The normalized spacial score (nSPS) is 11.2. The van der Waals surface area contributed by atoms with E-state index in [1.54, 1.807) is 12.1 Å². The molecule has 2 heterocycles. The van der Waals surface area contributed by atoms with Crippen molar-refractivity contribution >= 4 is 17.0 Å². The number of carbonyl (C=O) groups is 1. The van der Waals surface area contributed by atoms with Crippen molar-refractivity contribution < 1.29 is 18.7 Å². The lowest BCUT2D eigenvalue weighted by atomic mass is 10.2. The lowest BCUT2D eigenvalue weighted by Gasteiger charge is -2.10. The zero-order valence-electron chi connectivity index (χ0n) is 14.9. The van der Waals surface area contributed by atoms with Gasteiger partial charge < -0.3 is 14.5 Å². The number of carboxylic acid groups (broad SMARTS) is 1. The Morgan fingerprint density at radius 1 is 1.14 bits per heavy atom. The zero-order valence-corrected chi connectivity index (χ0v) is 14.9. The van der Waals surface area contributed by atoms with E-state index in [4.69, 9.17) is 0 Å². The van der Waals surface area contributed by atoms with Crippen LogP contribution in [-0.2, 0) is 13.0 Å². The summed E-state index contributed by atoms with van der Waals surface area (Å²) in [6.45, 7) is 2.56. The van der Waals surface area contributed by atoms with Crippen molar-refractivity contribution in [3.8, 4) is 5.69 Å². The summed E-state index contributed by atoms with van der Waals surface area (Å²) in [6.07, 6.45) is 1.81. The number of carboxylic acids is 1. The molecule has 0 amide bonds. The molecule has 0 saturated heterocycles. The first kappa shape index (κ1) is 17.8. The lowest BCUT2D eigenvalue weighted by Crippen LogP contribution is -2.21. The Kier molecular flexibility index (Phi) is 4.38. The van der Waals surface area contributed by atoms with Gasteiger partial charge >= 0.3 is 0 Å². The van der Waals surface area contributed by atoms with Crippen LogP contribution in [0.25, 0.3) is 16.7 Å². The predicted molar refractivity (Wildman–Crippen MR) is 96.0 cm³/mol. The fourth-order valence-electron chi connectivity index (χ4n) is 3.29. The summed E-state index contributed by atoms with van der Waals surface area (Å²) in [4.78, 5) is 15.6. The molecule has 0 fully saturated rings. The molecule has 2 aromatic heterocycles. The van der Waals surface area contributed by atoms with Crippen molar-refractivity contribution in [2.45, 2.75) is 19.9 Å². The summed E-state index contributed by atoms with van der Waals surface area (Å²) in [5, 5.41) is 15.2. The second-order valence-corrected chi connectivity index (χ2v) is 6.27. The maximum atomic E-state index is 14.2. The number of aromatic nitrogens is 4. The molecule has 0 aliphatic rings. The summed E-state index contributed by atoms with van der Waals surface area (Å²) in [5.74, 6) is -1.76. The third-order valence-corrected chi connectivity index (χ3v) is 4.58. The van der Waals surface area contributed by atoms with Crippen molar-refractivity contribution in [3.05, 3.63) is 77.4 Å². The molecule has 0 radical (unpaired) electrons. The molecule has 0 aliphatic carbocycles. The van der Waals surface area contributed by atoms with E-state index in [-0.39, 0.29) is 11.3 Å². The van der Waals surface area contributed by atoms with E-state index < -0.39 is 17.6 Å². The van der Waals surface area contributed by atoms with E-state index in [2.05, 4.69) is 10.1 Å². The molecular formula is C20H15F2N4O2-. The molecule has 0 N–H and O–H groups in total. The van der Waals surface area contributed by atoms with Gasteiger partial charge in [-0.05, 0) is 42.8 Å². The SMILES string of the molecule is CCn1c(Cc2ccnn2-c2cc(F)ccc2F)nc2cc(C(=O)[O-])ccc21. The molecule has 0 spiro atoms. The van der Waals surface area contributed by atoms with Crippen LogP contribution in [0, 0.1) is 11.6 Å². The third-order valence-electron chi connectivity index (χ3n) is 4.58. The molecule has 4 rings (SSSR count). The first-order valence-corrected chi connectivity index (χ1v) is 8.66. The summed E-state index contributed by atoms with van der Waals surface area (Å²) in [6, 6.07) is 9.51. The van der Waals surface area contributed by atoms with Crippen LogP contribution in [0.5, 0.6) is 0 Å².